The molecule has 0 fully saturated rings. The van der Waals surface area contributed by atoms with Gasteiger partial charge >= 0.3 is 0 Å². The summed E-state index contributed by atoms with van der Waals surface area (Å²) in [6.07, 6.45) is 3.88. The van der Waals surface area contributed by atoms with E-state index < -0.39 is 8.07 Å². The zero-order chi connectivity index (χ0) is 31.6. The first-order valence-corrected chi connectivity index (χ1v) is 18.7. The summed E-state index contributed by atoms with van der Waals surface area (Å²) in [5.41, 5.74) is 8.68. The molecule has 46 heavy (non-hydrogen) atoms. The molecule has 233 valence electrons. The average molecular weight is 799 g/mol. The molecule has 0 bridgehead atoms. The van der Waals surface area contributed by atoms with E-state index in [1.54, 1.807) is 12.3 Å². The molecule has 0 aliphatic rings. The van der Waals surface area contributed by atoms with Gasteiger partial charge in [-0.05, 0) is 51.8 Å². The van der Waals surface area contributed by atoms with E-state index in [0.29, 0.717) is 17.1 Å². The van der Waals surface area contributed by atoms with Gasteiger partial charge in [0, 0.05) is 44.0 Å². The van der Waals surface area contributed by atoms with Crippen LogP contribution in [0.2, 0.25) is 19.6 Å². The predicted molar refractivity (Wildman–Crippen MR) is 187 cm³/mol. The number of aromatic nitrogens is 2. The number of pyridine rings is 2. The molecule has 3 heterocycles. The molecule has 0 saturated carbocycles. The van der Waals surface area contributed by atoms with E-state index in [-0.39, 0.29) is 25.9 Å². The molecular formula is C40H35FIrN2OSi-2. The van der Waals surface area contributed by atoms with Crippen LogP contribution in [-0.2, 0) is 20.1 Å². The minimum Gasteiger partial charge on any atom is -0.500 e. The Labute approximate surface area is 284 Å². The Morgan fingerprint density at radius 3 is 2.26 bits per heavy atom. The van der Waals surface area contributed by atoms with Crippen molar-refractivity contribution < 1.29 is 28.9 Å². The molecule has 0 amide bonds. The Balaban J connectivity index is 0.000000178. The number of nitrogens with zero attached hydrogens (tertiary/aromatic N) is 2. The van der Waals surface area contributed by atoms with Crippen LogP contribution in [0.5, 0.6) is 0 Å². The Morgan fingerprint density at radius 1 is 0.761 bits per heavy atom. The van der Waals surface area contributed by atoms with E-state index in [0.717, 1.165) is 33.3 Å². The average Bonchev–Trinajstić information content (AvgIpc) is 3.43. The van der Waals surface area contributed by atoms with Crippen LogP contribution in [0, 0.1) is 17.9 Å². The summed E-state index contributed by atoms with van der Waals surface area (Å²) in [7, 11) is -1.46. The number of hydrogen-bond acceptors (Lipinski definition) is 3. The molecule has 3 nitrogen and oxygen atoms in total. The van der Waals surface area contributed by atoms with Crippen molar-refractivity contribution in [1.82, 2.24) is 9.97 Å². The third-order valence-electron chi connectivity index (χ3n) is 7.88. The molecule has 7 rings (SSSR count). The van der Waals surface area contributed by atoms with Gasteiger partial charge in [0.05, 0.1) is 13.7 Å². The molecule has 0 aliphatic heterocycles. The number of benzene rings is 4. The minimum absolute atomic E-state index is 0. The zero-order valence-corrected chi connectivity index (χ0v) is 30.0. The van der Waals surface area contributed by atoms with Gasteiger partial charge in [-0.25, -0.2) is 4.39 Å². The maximum Gasteiger partial charge on any atom is 0.126 e. The third kappa shape index (κ3) is 7.10. The zero-order valence-electron chi connectivity index (χ0n) is 26.6. The number of hydrogen-bond donors (Lipinski definition) is 0. The van der Waals surface area contributed by atoms with Gasteiger partial charge in [0.15, 0.2) is 0 Å². The number of fused-ring (bicyclic) bond motifs is 3. The van der Waals surface area contributed by atoms with Gasteiger partial charge in [-0.1, -0.05) is 92.5 Å². The van der Waals surface area contributed by atoms with Gasteiger partial charge in [-0.3, -0.25) is 0 Å². The third-order valence-corrected chi connectivity index (χ3v) is 9.90. The van der Waals surface area contributed by atoms with E-state index in [1.807, 2.05) is 36.4 Å². The first-order valence-electron chi connectivity index (χ1n) is 15.2. The molecule has 6 heteroatoms. The minimum atomic E-state index is -1.46. The van der Waals surface area contributed by atoms with Gasteiger partial charge in [0.25, 0.3) is 0 Å². The summed E-state index contributed by atoms with van der Waals surface area (Å²) >= 11 is 0. The molecule has 0 atom stereocenters. The van der Waals surface area contributed by atoms with E-state index in [2.05, 4.69) is 105 Å². The van der Waals surface area contributed by atoms with Crippen LogP contribution in [0.1, 0.15) is 25.3 Å². The van der Waals surface area contributed by atoms with E-state index in [1.165, 1.54) is 34.0 Å². The van der Waals surface area contributed by atoms with Crippen molar-refractivity contribution in [2.75, 3.05) is 0 Å². The summed E-state index contributed by atoms with van der Waals surface area (Å²) in [5, 5.41) is 3.25. The molecule has 7 aromatic rings. The fourth-order valence-electron chi connectivity index (χ4n) is 5.46. The molecule has 0 spiro atoms. The topological polar surface area (TPSA) is 38.9 Å². The molecule has 0 unspecified atom stereocenters. The van der Waals surface area contributed by atoms with Gasteiger partial charge < -0.3 is 14.4 Å². The Morgan fingerprint density at radius 2 is 1.54 bits per heavy atom. The Hall–Kier alpha value is -4.22. The van der Waals surface area contributed by atoms with Crippen LogP contribution in [0.15, 0.2) is 120 Å². The van der Waals surface area contributed by atoms with Crippen LogP contribution in [0.25, 0.3) is 55.6 Å². The predicted octanol–water partition coefficient (Wildman–Crippen LogP) is 10.5. The van der Waals surface area contributed by atoms with Crippen LogP contribution < -0.4 is 5.19 Å². The molecule has 0 N–H and O–H groups in total. The van der Waals surface area contributed by atoms with E-state index in [4.69, 9.17) is 9.40 Å². The fraction of sp³-hybridized carbons (Fsp3) is 0.150. The summed E-state index contributed by atoms with van der Waals surface area (Å²) in [4.78, 5) is 9.17. The van der Waals surface area contributed by atoms with E-state index >= 15 is 0 Å². The molecule has 1 radical (unpaired) electrons. The maximum absolute atomic E-state index is 13.5. The summed E-state index contributed by atoms with van der Waals surface area (Å²) in [6.45, 7) is 11.4. The van der Waals surface area contributed by atoms with Crippen molar-refractivity contribution in [2.45, 2.75) is 39.4 Å². The van der Waals surface area contributed by atoms with Crippen molar-refractivity contribution in [3.8, 4) is 33.6 Å². The molecule has 4 aromatic carbocycles. The van der Waals surface area contributed by atoms with Gasteiger partial charge in [0.2, 0.25) is 0 Å². The summed E-state index contributed by atoms with van der Waals surface area (Å²) in [6, 6.07) is 39.8. The largest absolute Gasteiger partial charge is 0.500 e. The van der Waals surface area contributed by atoms with Gasteiger partial charge in [-0.15, -0.1) is 54.1 Å². The van der Waals surface area contributed by atoms with Crippen molar-refractivity contribution in [2.24, 2.45) is 0 Å². The first kappa shape index (κ1) is 33.1. The first-order chi connectivity index (χ1) is 21.7. The molecular weight excluding hydrogens is 764 g/mol. The van der Waals surface area contributed by atoms with Gasteiger partial charge in [-0.2, -0.15) is 0 Å². The van der Waals surface area contributed by atoms with Crippen LogP contribution in [0.3, 0.4) is 0 Å². The quantitative estimate of drug-likeness (QED) is 0.129. The SMILES string of the molecule is CC(C)c1ccnc(-c2[c-]ccc3c2oc2cc(F)ccc23)c1.C[Si](C)(C)c1cnc(-c2[c-]cccc2)cc1-c1ccccc1.[Ir]. The second-order valence-corrected chi connectivity index (χ2v) is 17.5. The van der Waals surface area contributed by atoms with Crippen LogP contribution in [0.4, 0.5) is 4.39 Å². The van der Waals surface area contributed by atoms with Crippen molar-refractivity contribution >= 4 is 35.2 Å². The van der Waals surface area contributed by atoms with Crippen molar-refractivity contribution in [3.63, 3.8) is 0 Å². The van der Waals surface area contributed by atoms with Crippen molar-refractivity contribution in [1.29, 1.82) is 0 Å². The van der Waals surface area contributed by atoms with Gasteiger partial charge in [0.1, 0.15) is 11.4 Å². The summed E-state index contributed by atoms with van der Waals surface area (Å²) in [5.74, 6) is 0.114. The second-order valence-electron chi connectivity index (χ2n) is 12.5. The number of furan rings is 1. The molecule has 3 aromatic heterocycles. The molecule has 0 aliphatic carbocycles. The van der Waals surface area contributed by atoms with Crippen molar-refractivity contribution in [3.05, 3.63) is 139 Å². The second kappa shape index (κ2) is 14.0. The Kier molecular flexibility index (Phi) is 10.1. The van der Waals surface area contributed by atoms with Crippen LogP contribution in [-0.4, -0.2) is 18.0 Å². The number of halogens is 1. The molecule has 0 saturated heterocycles. The maximum atomic E-state index is 13.5. The normalized spacial score (nSPS) is 11.3. The smallest absolute Gasteiger partial charge is 0.126 e. The Bertz CT molecular complexity index is 2090. The van der Waals surface area contributed by atoms with E-state index in [9.17, 15) is 4.39 Å². The fourth-order valence-corrected chi connectivity index (χ4v) is 6.93. The number of rotatable bonds is 5. The summed E-state index contributed by atoms with van der Waals surface area (Å²) < 4.78 is 19.4. The monoisotopic (exact) mass is 799 g/mol. The van der Waals surface area contributed by atoms with Crippen LogP contribution >= 0.6 is 0 Å². The standard InChI is InChI=1S/C20H15FNO.C20H20NSi.Ir/c1-12(2)13-8-9-22-18(10-13)17-5-3-4-16-15-7-6-14(21)11-19(15)23-20(16)17;1-22(2,3)20-15-21-19(17-12-8-5-9-13-17)14-18(20)16-10-6-4-7-11-16;/h3-4,6-12H,1-2H3;4-12,14-15H,1-3H3;/q2*-1;.